The van der Waals surface area contributed by atoms with Gasteiger partial charge in [-0.1, -0.05) is 12.1 Å². The summed E-state index contributed by atoms with van der Waals surface area (Å²) in [7, 11) is 0. The minimum Gasteiger partial charge on any atom is -0.369 e. The van der Waals surface area contributed by atoms with Crippen molar-refractivity contribution in [3.63, 3.8) is 0 Å². The SMILES string of the molecule is c1cnc2c(c1)CCC(c1ccc3c(n1)NC(c1cc4c(nn1)NCCC4)C3)CN2. The molecule has 7 nitrogen and oxygen atoms in total. The molecule has 3 aromatic heterocycles. The molecule has 0 spiro atoms. The van der Waals surface area contributed by atoms with Gasteiger partial charge in [0, 0.05) is 37.3 Å². The van der Waals surface area contributed by atoms with Gasteiger partial charge in [0.15, 0.2) is 5.82 Å². The Labute approximate surface area is 175 Å². The lowest BCUT2D eigenvalue weighted by atomic mass is 9.97. The summed E-state index contributed by atoms with van der Waals surface area (Å²) in [6, 6.07) is 10.9. The molecule has 0 amide bonds. The second-order valence-corrected chi connectivity index (χ2v) is 8.45. The highest BCUT2D eigenvalue weighted by Crippen LogP contribution is 2.35. The van der Waals surface area contributed by atoms with E-state index in [4.69, 9.17) is 4.98 Å². The van der Waals surface area contributed by atoms with Gasteiger partial charge in [-0.3, -0.25) is 0 Å². The lowest BCUT2D eigenvalue weighted by molar-refractivity contribution is 0.647. The Hall–Kier alpha value is -3.22. The van der Waals surface area contributed by atoms with Crippen molar-refractivity contribution in [1.29, 1.82) is 0 Å². The van der Waals surface area contributed by atoms with Gasteiger partial charge in [0.2, 0.25) is 0 Å². The van der Waals surface area contributed by atoms with Crippen LogP contribution in [-0.2, 0) is 19.3 Å². The van der Waals surface area contributed by atoms with E-state index in [9.17, 15) is 0 Å². The minimum absolute atomic E-state index is 0.142. The van der Waals surface area contributed by atoms with E-state index in [2.05, 4.69) is 55.4 Å². The molecule has 0 aliphatic carbocycles. The predicted molar refractivity (Wildman–Crippen MR) is 117 cm³/mol. The normalized spacial score (nSPS) is 21.9. The monoisotopic (exact) mass is 399 g/mol. The highest BCUT2D eigenvalue weighted by molar-refractivity contribution is 5.54. The van der Waals surface area contributed by atoms with Crippen LogP contribution in [0.25, 0.3) is 0 Å². The van der Waals surface area contributed by atoms with Gasteiger partial charge in [0.25, 0.3) is 0 Å². The zero-order valence-electron chi connectivity index (χ0n) is 16.9. The lowest BCUT2D eigenvalue weighted by Crippen LogP contribution is -2.17. The van der Waals surface area contributed by atoms with E-state index >= 15 is 0 Å². The van der Waals surface area contributed by atoms with Crippen LogP contribution in [0.2, 0.25) is 0 Å². The number of aromatic nitrogens is 4. The molecule has 3 N–H and O–H groups in total. The van der Waals surface area contributed by atoms with Crippen molar-refractivity contribution < 1.29 is 0 Å². The maximum atomic E-state index is 5.01. The largest absolute Gasteiger partial charge is 0.369 e. The number of hydrogen-bond acceptors (Lipinski definition) is 7. The van der Waals surface area contributed by atoms with Crippen LogP contribution in [0.4, 0.5) is 17.5 Å². The van der Waals surface area contributed by atoms with Crippen molar-refractivity contribution in [2.75, 3.05) is 29.0 Å². The van der Waals surface area contributed by atoms with Crippen LogP contribution in [0.15, 0.2) is 36.5 Å². The second kappa shape index (κ2) is 7.23. The average molecular weight is 400 g/mol. The van der Waals surface area contributed by atoms with Crippen molar-refractivity contribution in [2.24, 2.45) is 0 Å². The molecule has 0 fully saturated rings. The van der Waals surface area contributed by atoms with E-state index < -0.39 is 0 Å². The summed E-state index contributed by atoms with van der Waals surface area (Å²) >= 11 is 0. The second-order valence-electron chi connectivity index (χ2n) is 8.45. The molecule has 2 unspecified atom stereocenters. The summed E-state index contributed by atoms with van der Waals surface area (Å²) in [5, 5.41) is 19.3. The molecule has 30 heavy (non-hydrogen) atoms. The molecule has 0 saturated carbocycles. The fourth-order valence-electron chi connectivity index (χ4n) is 4.78. The standard InChI is InChI=1S/C23H25N7/c1-3-14-5-6-17(13-26-21(14)24-9-1)18-8-7-16-11-19(28-23(16)27-18)20-12-15-4-2-10-25-22(15)30-29-20/h1,3,7-9,12,17,19H,2,4-6,10-11,13H2,(H,24,26)(H,25,30)(H,27,28). The summed E-state index contributed by atoms with van der Waals surface area (Å²) in [5.74, 6) is 3.33. The molecule has 6 heterocycles. The van der Waals surface area contributed by atoms with Gasteiger partial charge in [0.05, 0.1) is 11.7 Å². The Morgan fingerprint density at radius 2 is 1.87 bits per heavy atom. The first-order chi connectivity index (χ1) is 14.8. The maximum Gasteiger partial charge on any atom is 0.151 e. The number of fused-ring (bicyclic) bond motifs is 3. The van der Waals surface area contributed by atoms with Gasteiger partial charge >= 0.3 is 0 Å². The summed E-state index contributed by atoms with van der Waals surface area (Å²) in [5.41, 5.74) is 5.97. The van der Waals surface area contributed by atoms with Crippen LogP contribution in [0, 0.1) is 0 Å². The van der Waals surface area contributed by atoms with E-state index in [1.807, 2.05) is 12.3 Å². The van der Waals surface area contributed by atoms with Gasteiger partial charge in [-0.2, -0.15) is 5.10 Å². The number of rotatable bonds is 2. The first kappa shape index (κ1) is 17.6. The van der Waals surface area contributed by atoms with Gasteiger partial charge in [-0.05, 0) is 60.6 Å². The first-order valence-electron chi connectivity index (χ1n) is 10.9. The lowest BCUT2D eigenvalue weighted by Gasteiger charge is -2.18. The van der Waals surface area contributed by atoms with Crippen molar-refractivity contribution in [1.82, 2.24) is 20.2 Å². The average Bonchev–Trinajstić information content (AvgIpc) is 3.11. The molecule has 6 rings (SSSR count). The molecule has 0 radical (unpaired) electrons. The summed E-state index contributed by atoms with van der Waals surface area (Å²) in [4.78, 5) is 9.49. The van der Waals surface area contributed by atoms with Gasteiger partial charge in [-0.15, -0.1) is 5.10 Å². The van der Waals surface area contributed by atoms with Crippen molar-refractivity contribution in [3.05, 3.63) is 64.6 Å². The number of nitrogens with one attached hydrogen (secondary N) is 3. The highest BCUT2D eigenvalue weighted by atomic mass is 15.2. The molecule has 152 valence electrons. The molecule has 0 bridgehead atoms. The number of anilines is 3. The summed E-state index contributed by atoms with van der Waals surface area (Å²) in [6.45, 7) is 1.85. The molecule has 3 aliphatic rings. The third kappa shape index (κ3) is 3.14. The van der Waals surface area contributed by atoms with Crippen LogP contribution in [0.1, 0.15) is 52.9 Å². The molecule has 3 aliphatic heterocycles. The molecular formula is C23H25N7. The Kier molecular flexibility index (Phi) is 4.25. The van der Waals surface area contributed by atoms with Crippen LogP contribution in [0.3, 0.4) is 0 Å². The van der Waals surface area contributed by atoms with E-state index in [-0.39, 0.29) is 6.04 Å². The number of aryl methyl sites for hydroxylation is 2. The number of pyridine rings is 2. The van der Waals surface area contributed by atoms with Crippen molar-refractivity contribution in [3.8, 4) is 0 Å². The molecular weight excluding hydrogens is 374 g/mol. The zero-order valence-corrected chi connectivity index (χ0v) is 16.9. The first-order valence-corrected chi connectivity index (χ1v) is 10.9. The maximum absolute atomic E-state index is 5.01. The quantitative estimate of drug-likeness (QED) is 0.608. The third-order valence-corrected chi connectivity index (χ3v) is 6.49. The van der Waals surface area contributed by atoms with Crippen molar-refractivity contribution >= 4 is 17.5 Å². The van der Waals surface area contributed by atoms with Crippen LogP contribution < -0.4 is 16.0 Å². The van der Waals surface area contributed by atoms with Gasteiger partial charge in [0.1, 0.15) is 11.6 Å². The van der Waals surface area contributed by atoms with Crippen LogP contribution in [-0.4, -0.2) is 33.3 Å². The molecule has 0 saturated heterocycles. The summed E-state index contributed by atoms with van der Waals surface area (Å²) in [6.07, 6.45) is 7.07. The Bertz CT molecular complexity index is 1070. The smallest absolute Gasteiger partial charge is 0.151 e. The Morgan fingerprint density at radius 1 is 0.867 bits per heavy atom. The van der Waals surface area contributed by atoms with Crippen LogP contribution in [0.5, 0.6) is 0 Å². The van der Waals surface area contributed by atoms with E-state index in [0.717, 1.165) is 74.0 Å². The van der Waals surface area contributed by atoms with Crippen molar-refractivity contribution in [2.45, 2.75) is 44.1 Å². The molecule has 7 heteroatoms. The third-order valence-electron chi connectivity index (χ3n) is 6.49. The minimum atomic E-state index is 0.142. The predicted octanol–water partition coefficient (Wildman–Crippen LogP) is 3.48. The Balaban J connectivity index is 1.20. The molecule has 2 atom stereocenters. The van der Waals surface area contributed by atoms with E-state index in [0.29, 0.717) is 5.92 Å². The highest BCUT2D eigenvalue weighted by Gasteiger charge is 2.27. The summed E-state index contributed by atoms with van der Waals surface area (Å²) < 4.78 is 0. The molecule has 3 aromatic rings. The van der Waals surface area contributed by atoms with Crippen LogP contribution >= 0.6 is 0 Å². The topological polar surface area (TPSA) is 87.7 Å². The van der Waals surface area contributed by atoms with E-state index in [1.165, 1.54) is 16.7 Å². The zero-order chi connectivity index (χ0) is 19.9. The molecule has 0 aromatic carbocycles. The van der Waals surface area contributed by atoms with Gasteiger partial charge in [-0.25, -0.2) is 9.97 Å². The fourth-order valence-corrected chi connectivity index (χ4v) is 4.78. The van der Waals surface area contributed by atoms with E-state index in [1.54, 1.807) is 0 Å². The Morgan fingerprint density at radius 3 is 2.87 bits per heavy atom. The number of nitrogens with zero attached hydrogens (tertiary/aromatic N) is 4. The van der Waals surface area contributed by atoms with Gasteiger partial charge < -0.3 is 16.0 Å². The fraction of sp³-hybridized carbons (Fsp3) is 0.391. The number of hydrogen-bond donors (Lipinski definition) is 3.